The van der Waals surface area contributed by atoms with Gasteiger partial charge in [-0.25, -0.2) is 4.79 Å². The molecule has 0 unspecified atom stereocenters. The van der Waals surface area contributed by atoms with Crippen LogP contribution in [0.5, 0.6) is 0 Å². The number of rotatable bonds is 6. The van der Waals surface area contributed by atoms with Crippen molar-refractivity contribution in [1.82, 2.24) is 24.9 Å². The lowest BCUT2D eigenvalue weighted by Crippen LogP contribution is -2.43. The Labute approximate surface area is 160 Å². The number of nitrogens with zero attached hydrogens (tertiary/aromatic N) is 4. The number of fused-ring (bicyclic) bond motifs is 2. The van der Waals surface area contributed by atoms with E-state index in [1.807, 2.05) is 25.8 Å². The van der Waals surface area contributed by atoms with Gasteiger partial charge in [-0.3, -0.25) is 9.48 Å². The van der Waals surface area contributed by atoms with Crippen LogP contribution in [-0.2, 0) is 7.05 Å². The van der Waals surface area contributed by atoms with Crippen LogP contribution in [0.1, 0.15) is 34.6 Å². The number of urea groups is 1. The van der Waals surface area contributed by atoms with Gasteiger partial charge in [0, 0.05) is 45.5 Å². The zero-order valence-electron chi connectivity index (χ0n) is 16.4. The van der Waals surface area contributed by atoms with Crippen LogP contribution in [0, 0.1) is 31.6 Å². The molecule has 1 aliphatic heterocycles. The summed E-state index contributed by atoms with van der Waals surface area (Å²) in [5.74, 6) is 1.85. The number of aryl methyl sites for hydroxylation is 2. The quantitative estimate of drug-likeness (QED) is 0.774. The van der Waals surface area contributed by atoms with Gasteiger partial charge in [-0.05, 0) is 44.4 Å². The summed E-state index contributed by atoms with van der Waals surface area (Å²) in [6, 6.07) is -0.0287. The van der Waals surface area contributed by atoms with Gasteiger partial charge in [0.2, 0.25) is 0 Å². The third-order valence-electron chi connectivity index (χ3n) is 6.47. The number of carbonyl (C=O) groups excluding carboxylic acids is 2. The normalized spacial score (nSPS) is 26.1. The molecule has 2 fully saturated rings. The van der Waals surface area contributed by atoms with E-state index in [1.165, 1.54) is 12.8 Å². The van der Waals surface area contributed by atoms with Gasteiger partial charge in [-0.1, -0.05) is 12.2 Å². The molecule has 1 saturated heterocycles. The fraction of sp³-hybridized carbons (Fsp3) is 0.650. The molecule has 1 N–H and O–H groups in total. The molecule has 2 bridgehead atoms. The minimum Gasteiger partial charge on any atom is -0.336 e. The molecule has 0 radical (unpaired) electrons. The second-order valence-corrected chi connectivity index (χ2v) is 8.18. The number of amides is 3. The van der Waals surface area contributed by atoms with Crippen LogP contribution in [0.15, 0.2) is 12.2 Å². The van der Waals surface area contributed by atoms with Crippen molar-refractivity contribution in [2.24, 2.45) is 24.8 Å². The first kappa shape index (κ1) is 18.1. The molecule has 2 aliphatic carbocycles. The van der Waals surface area contributed by atoms with E-state index in [1.54, 1.807) is 9.58 Å². The van der Waals surface area contributed by atoms with Crippen molar-refractivity contribution in [3.8, 4) is 0 Å². The molecule has 2 heterocycles. The highest BCUT2D eigenvalue weighted by atomic mass is 16.2. The second kappa shape index (κ2) is 7.02. The second-order valence-electron chi connectivity index (χ2n) is 8.18. The molecule has 4 rings (SSSR count). The Bertz CT molecular complexity index is 784. The molecule has 146 valence electrons. The SMILES string of the molecule is Cc1nn(C)c(C)c1C(=O)N(CCN1CCNC1=O)C[C@H]1C[C@H]2C=C[C@H]1C2. The summed E-state index contributed by atoms with van der Waals surface area (Å²) in [5.41, 5.74) is 2.38. The van der Waals surface area contributed by atoms with Crippen molar-refractivity contribution in [3.05, 3.63) is 29.1 Å². The predicted molar refractivity (Wildman–Crippen MR) is 102 cm³/mol. The van der Waals surface area contributed by atoms with Crippen LogP contribution >= 0.6 is 0 Å². The van der Waals surface area contributed by atoms with Crippen LogP contribution in [0.2, 0.25) is 0 Å². The molecular weight excluding hydrogens is 342 g/mol. The van der Waals surface area contributed by atoms with E-state index in [9.17, 15) is 9.59 Å². The van der Waals surface area contributed by atoms with Crippen LogP contribution in [0.25, 0.3) is 0 Å². The minimum atomic E-state index is -0.0287. The summed E-state index contributed by atoms with van der Waals surface area (Å²) in [6.07, 6.45) is 7.06. The molecule has 7 nitrogen and oxygen atoms in total. The van der Waals surface area contributed by atoms with Gasteiger partial charge in [-0.15, -0.1) is 0 Å². The average Bonchev–Trinajstić information content (AvgIpc) is 3.39. The van der Waals surface area contributed by atoms with E-state index >= 15 is 0 Å². The Morgan fingerprint density at radius 3 is 2.70 bits per heavy atom. The maximum Gasteiger partial charge on any atom is 0.317 e. The van der Waals surface area contributed by atoms with Crippen molar-refractivity contribution >= 4 is 11.9 Å². The standard InChI is InChI=1S/C20H29N5O2/c1-13-18(14(2)23(3)22-13)19(26)25(9-8-24-7-6-21-20(24)27)12-17-11-15-4-5-16(17)10-15/h4-5,15-17H,6-12H2,1-3H3,(H,21,27)/t15-,16-,17+/m0/s1. The molecule has 1 aromatic rings. The van der Waals surface area contributed by atoms with Crippen molar-refractivity contribution in [1.29, 1.82) is 0 Å². The molecular formula is C20H29N5O2. The van der Waals surface area contributed by atoms with Crippen molar-refractivity contribution < 1.29 is 9.59 Å². The van der Waals surface area contributed by atoms with Crippen molar-refractivity contribution in [3.63, 3.8) is 0 Å². The summed E-state index contributed by atoms with van der Waals surface area (Å²) >= 11 is 0. The minimum absolute atomic E-state index is 0.0287. The highest BCUT2D eigenvalue weighted by molar-refractivity contribution is 5.96. The van der Waals surface area contributed by atoms with Crippen LogP contribution in [-0.4, -0.2) is 64.2 Å². The zero-order valence-corrected chi connectivity index (χ0v) is 16.4. The maximum atomic E-state index is 13.4. The van der Waals surface area contributed by atoms with E-state index in [0.29, 0.717) is 49.5 Å². The Balaban J connectivity index is 1.52. The topological polar surface area (TPSA) is 70.5 Å². The molecule has 1 aromatic heterocycles. The van der Waals surface area contributed by atoms with E-state index < -0.39 is 0 Å². The Hall–Kier alpha value is -2.31. The summed E-state index contributed by atoms with van der Waals surface area (Å²) in [6.45, 7) is 7.14. The number of nitrogens with one attached hydrogen (secondary N) is 1. The highest BCUT2D eigenvalue weighted by Crippen LogP contribution is 2.43. The van der Waals surface area contributed by atoms with Gasteiger partial charge < -0.3 is 15.1 Å². The average molecular weight is 371 g/mol. The first-order valence-corrected chi connectivity index (χ1v) is 9.94. The number of carbonyl (C=O) groups is 2. The molecule has 3 amide bonds. The van der Waals surface area contributed by atoms with E-state index in [0.717, 1.165) is 17.9 Å². The maximum absolute atomic E-state index is 13.4. The van der Waals surface area contributed by atoms with E-state index in [2.05, 4.69) is 22.6 Å². The van der Waals surface area contributed by atoms with Crippen LogP contribution in [0.4, 0.5) is 4.79 Å². The molecule has 3 atom stereocenters. The highest BCUT2D eigenvalue weighted by Gasteiger charge is 2.38. The zero-order chi connectivity index (χ0) is 19.1. The smallest absolute Gasteiger partial charge is 0.317 e. The largest absolute Gasteiger partial charge is 0.336 e. The first-order chi connectivity index (χ1) is 12.9. The number of allylic oxidation sites excluding steroid dienone is 2. The Kier molecular flexibility index (Phi) is 4.70. The first-order valence-electron chi connectivity index (χ1n) is 9.94. The third-order valence-corrected chi connectivity index (χ3v) is 6.47. The number of aromatic nitrogens is 2. The van der Waals surface area contributed by atoms with Gasteiger partial charge in [-0.2, -0.15) is 5.10 Å². The summed E-state index contributed by atoms with van der Waals surface area (Å²) in [5, 5.41) is 7.25. The lowest BCUT2D eigenvalue weighted by atomic mass is 9.93. The molecule has 0 spiro atoms. The van der Waals surface area contributed by atoms with Crippen LogP contribution < -0.4 is 5.32 Å². The summed E-state index contributed by atoms with van der Waals surface area (Å²) in [4.78, 5) is 29.0. The fourth-order valence-electron chi connectivity index (χ4n) is 4.87. The van der Waals surface area contributed by atoms with E-state index in [4.69, 9.17) is 0 Å². The Morgan fingerprint density at radius 1 is 1.33 bits per heavy atom. The molecule has 7 heteroatoms. The molecule has 3 aliphatic rings. The monoisotopic (exact) mass is 371 g/mol. The number of hydrogen-bond donors (Lipinski definition) is 1. The number of hydrogen-bond acceptors (Lipinski definition) is 3. The lowest BCUT2D eigenvalue weighted by Gasteiger charge is -2.30. The van der Waals surface area contributed by atoms with Gasteiger partial charge in [0.05, 0.1) is 11.3 Å². The van der Waals surface area contributed by atoms with Gasteiger partial charge >= 0.3 is 6.03 Å². The van der Waals surface area contributed by atoms with E-state index in [-0.39, 0.29) is 11.9 Å². The molecule has 1 saturated carbocycles. The van der Waals surface area contributed by atoms with Gasteiger partial charge in [0.1, 0.15) is 0 Å². The third kappa shape index (κ3) is 3.35. The van der Waals surface area contributed by atoms with Crippen LogP contribution in [0.3, 0.4) is 0 Å². The summed E-state index contributed by atoms with van der Waals surface area (Å²) < 4.78 is 1.77. The molecule has 0 aromatic carbocycles. The van der Waals surface area contributed by atoms with Crippen molar-refractivity contribution in [2.45, 2.75) is 26.7 Å². The van der Waals surface area contributed by atoms with Gasteiger partial charge in [0.15, 0.2) is 0 Å². The summed E-state index contributed by atoms with van der Waals surface area (Å²) in [7, 11) is 1.87. The fourth-order valence-corrected chi connectivity index (χ4v) is 4.87. The lowest BCUT2D eigenvalue weighted by molar-refractivity contribution is 0.0704. The predicted octanol–water partition coefficient (Wildman–Crippen LogP) is 1.72. The molecule has 27 heavy (non-hydrogen) atoms. The Morgan fingerprint density at radius 2 is 2.15 bits per heavy atom. The van der Waals surface area contributed by atoms with Crippen molar-refractivity contribution in [2.75, 3.05) is 32.7 Å². The van der Waals surface area contributed by atoms with Gasteiger partial charge in [0.25, 0.3) is 5.91 Å².